The van der Waals surface area contributed by atoms with E-state index in [1.165, 1.54) is 5.56 Å². The minimum Gasteiger partial charge on any atom is -0.346 e. The number of carbonyl (C=O) groups is 1. The van der Waals surface area contributed by atoms with Crippen molar-refractivity contribution in [2.45, 2.75) is 13.5 Å². The molecule has 0 saturated carbocycles. The van der Waals surface area contributed by atoms with E-state index in [1.54, 1.807) is 12.1 Å². The standard InChI is InChI=1S/C22H18ClN3O/c1-15-7-9-16(10-8-15)21-19(26-12-11-18(23)13-20(26)25-21)14-24-22(27)17-5-3-2-4-6-17/h2-13H,14H2,1H3,(H,24,27). The number of nitrogens with zero attached hydrogens (tertiary/aromatic N) is 2. The molecule has 27 heavy (non-hydrogen) atoms. The number of halogens is 1. The number of amides is 1. The van der Waals surface area contributed by atoms with Gasteiger partial charge < -0.3 is 9.72 Å². The maximum absolute atomic E-state index is 12.5. The van der Waals surface area contributed by atoms with Gasteiger partial charge >= 0.3 is 0 Å². The molecular formula is C22H18ClN3O. The second-order valence-corrected chi connectivity index (χ2v) is 6.83. The van der Waals surface area contributed by atoms with Gasteiger partial charge in [0, 0.05) is 28.4 Å². The fourth-order valence-corrected chi connectivity index (χ4v) is 3.19. The number of fused-ring (bicyclic) bond motifs is 1. The van der Waals surface area contributed by atoms with Gasteiger partial charge in [0.25, 0.3) is 5.91 Å². The number of imidazole rings is 1. The van der Waals surface area contributed by atoms with Crippen molar-refractivity contribution in [3.8, 4) is 11.3 Å². The molecule has 0 atom stereocenters. The van der Waals surface area contributed by atoms with Crippen molar-refractivity contribution in [2.24, 2.45) is 0 Å². The number of benzene rings is 2. The number of hydrogen-bond acceptors (Lipinski definition) is 2. The molecule has 4 aromatic rings. The summed E-state index contributed by atoms with van der Waals surface area (Å²) in [6, 6.07) is 21.0. The summed E-state index contributed by atoms with van der Waals surface area (Å²) in [5.41, 5.74) is 5.32. The van der Waals surface area contributed by atoms with E-state index in [0.29, 0.717) is 17.1 Å². The lowest BCUT2D eigenvalue weighted by atomic mass is 10.1. The van der Waals surface area contributed by atoms with Crippen molar-refractivity contribution < 1.29 is 4.79 Å². The van der Waals surface area contributed by atoms with Gasteiger partial charge in [0.15, 0.2) is 0 Å². The average Bonchev–Trinajstić information content (AvgIpc) is 3.04. The number of aryl methyl sites for hydroxylation is 1. The van der Waals surface area contributed by atoms with Crippen LogP contribution in [0, 0.1) is 6.92 Å². The van der Waals surface area contributed by atoms with Crippen LogP contribution in [0.3, 0.4) is 0 Å². The van der Waals surface area contributed by atoms with Crippen LogP contribution in [0.15, 0.2) is 72.9 Å². The van der Waals surface area contributed by atoms with Crippen LogP contribution in [0.5, 0.6) is 0 Å². The highest BCUT2D eigenvalue weighted by molar-refractivity contribution is 6.30. The number of rotatable bonds is 4. The summed E-state index contributed by atoms with van der Waals surface area (Å²) in [5, 5.41) is 3.62. The Morgan fingerprint density at radius 2 is 1.81 bits per heavy atom. The molecule has 2 aromatic heterocycles. The molecular weight excluding hydrogens is 358 g/mol. The number of aromatic nitrogens is 2. The summed E-state index contributed by atoms with van der Waals surface area (Å²) >= 11 is 6.13. The van der Waals surface area contributed by atoms with Crippen molar-refractivity contribution in [1.29, 1.82) is 0 Å². The number of carbonyl (C=O) groups excluding carboxylic acids is 1. The molecule has 2 aromatic carbocycles. The van der Waals surface area contributed by atoms with Gasteiger partial charge in [0.2, 0.25) is 0 Å². The first-order valence-electron chi connectivity index (χ1n) is 8.68. The van der Waals surface area contributed by atoms with E-state index in [0.717, 1.165) is 22.6 Å². The van der Waals surface area contributed by atoms with Crippen LogP contribution in [-0.2, 0) is 6.54 Å². The van der Waals surface area contributed by atoms with Crippen LogP contribution >= 0.6 is 11.6 Å². The molecule has 0 saturated heterocycles. The summed E-state index contributed by atoms with van der Waals surface area (Å²) in [5.74, 6) is -0.116. The Bertz CT molecular complexity index is 1100. The quantitative estimate of drug-likeness (QED) is 0.551. The van der Waals surface area contributed by atoms with Crippen LogP contribution in [0.4, 0.5) is 0 Å². The van der Waals surface area contributed by atoms with Gasteiger partial charge in [0.05, 0.1) is 17.9 Å². The molecule has 0 bridgehead atoms. The van der Waals surface area contributed by atoms with Gasteiger partial charge in [-0.25, -0.2) is 4.98 Å². The monoisotopic (exact) mass is 375 g/mol. The Balaban J connectivity index is 1.72. The zero-order valence-corrected chi connectivity index (χ0v) is 15.6. The summed E-state index contributed by atoms with van der Waals surface area (Å²) in [4.78, 5) is 17.2. The molecule has 0 fully saturated rings. The second-order valence-electron chi connectivity index (χ2n) is 6.39. The average molecular weight is 376 g/mol. The lowest BCUT2D eigenvalue weighted by molar-refractivity contribution is 0.0950. The van der Waals surface area contributed by atoms with Gasteiger partial charge in [-0.05, 0) is 25.1 Å². The molecule has 4 nitrogen and oxygen atoms in total. The minimum absolute atomic E-state index is 0.116. The molecule has 0 aliphatic carbocycles. The number of hydrogen-bond donors (Lipinski definition) is 1. The Hall–Kier alpha value is -3.11. The smallest absolute Gasteiger partial charge is 0.251 e. The molecule has 5 heteroatoms. The van der Waals surface area contributed by atoms with E-state index in [4.69, 9.17) is 16.6 Å². The zero-order chi connectivity index (χ0) is 18.8. The zero-order valence-electron chi connectivity index (χ0n) is 14.8. The first kappa shape index (κ1) is 17.3. The topological polar surface area (TPSA) is 46.4 Å². The first-order valence-corrected chi connectivity index (χ1v) is 9.06. The molecule has 1 amide bonds. The van der Waals surface area contributed by atoms with Crippen LogP contribution < -0.4 is 5.32 Å². The van der Waals surface area contributed by atoms with Crippen molar-refractivity contribution in [3.63, 3.8) is 0 Å². The highest BCUT2D eigenvalue weighted by Crippen LogP contribution is 2.26. The van der Waals surface area contributed by atoms with Gasteiger partial charge in [-0.15, -0.1) is 0 Å². The van der Waals surface area contributed by atoms with Crippen LogP contribution in [0.1, 0.15) is 21.6 Å². The lowest BCUT2D eigenvalue weighted by Crippen LogP contribution is -2.23. The van der Waals surface area contributed by atoms with E-state index in [9.17, 15) is 4.79 Å². The first-order chi connectivity index (χ1) is 13.1. The fourth-order valence-electron chi connectivity index (χ4n) is 3.04. The molecule has 0 radical (unpaired) electrons. The van der Waals surface area contributed by atoms with Crippen molar-refractivity contribution >= 4 is 23.2 Å². The third-order valence-corrected chi connectivity index (χ3v) is 4.70. The van der Waals surface area contributed by atoms with E-state index in [-0.39, 0.29) is 5.91 Å². The Morgan fingerprint density at radius 1 is 1.07 bits per heavy atom. The predicted molar refractivity (Wildman–Crippen MR) is 108 cm³/mol. The van der Waals surface area contributed by atoms with Crippen LogP contribution in [0.25, 0.3) is 16.9 Å². The van der Waals surface area contributed by atoms with Crippen LogP contribution in [0.2, 0.25) is 5.02 Å². The van der Waals surface area contributed by atoms with Gasteiger partial charge in [0.1, 0.15) is 5.65 Å². The summed E-state index contributed by atoms with van der Waals surface area (Å²) in [6.45, 7) is 2.41. The molecule has 0 unspecified atom stereocenters. The molecule has 0 aliphatic heterocycles. The SMILES string of the molecule is Cc1ccc(-c2nc3cc(Cl)ccn3c2CNC(=O)c2ccccc2)cc1. The largest absolute Gasteiger partial charge is 0.346 e. The highest BCUT2D eigenvalue weighted by atomic mass is 35.5. The van der Waals surface area contributed by atoms with Crippen molar-refractivity contribution in [1.82, 2.24) is 14.7 Å². The minimum atomic E-state index is -0.116. The van der Waals surface area contributed by atoms with E-state index >= 15 is 0 Å². The molecule has 134 valence electrons. The predicted octanol–water partition coefficient (Wildman–Crippen LogP) is 4.89. The van der Waals surface area contributed by atoms with Gasteiger partial charge in [-0.3, -0.25) is 4.79 Å². The maximum atomic E-state index is 12.5. The molecule has 4 rings (SSSR count). The third kappa shape index (κ3) is 3.57. The number of nitrogens with one attached hydrogen (secondary N) is 1. The summed E-state index contributed by atoms with van der Waals surface area (Å²) < 4.78 is 1.96. The fraction of sp³-hybridized carbons (Fsp3) is 0.0909. The molecule has 0 aliphatic rings. The number of pyridine rings is 1. The normalized spacial score (nSPS) is 10.9. The highest BCUT2D eigenvalue weighted by Gasteiger charge is 2.15. The summed E-state index contributed by atoms with van der Waals surface area (Å²) in [7, 11) is 0. The Morgan fingerprint density at radius 3 is 2.56 bits per heavy atom. The van der Waals surface area contributed by atoms with Gasteiger partial charge in [-0.1, -0.05) is 59.6 Å². The van der Waals surface area contributed by atoms with Crippen molar-refractivity contribution in [3.05, 3.63) is 94.8 Å². The van der Waals surface area contributed by atoms with E-state index in [1.807, 2.05) is 60.0 Å². The molecule has 0 spiro atoms. The second kappa shape index (κ2) is 7.25. The maximum Gasteiger partial charge on any atom is 0.251 e. The summed E-state index contributed by atoms with van der Waals surface area (Å²) in [6.07, 6.45) is 1.88. The lowest BCUT2D eigenvalue weighted by Gasteiger charge is -2.08. The van der Waals surface area contributed by atoms with Crippen molar-refractivity contribution in [2.75, 3.05) is 0 Å². The molecule has 2 heterocycles. The Kier molecular flexibility index (Phi) is 4.65. The van der Waals surface area contributed by atoms with E-state index < -0.39 is 0 Å². The molecule has 1 N–H and O–H groups in total. The van der Waals surface area contributed by atoms with Gasteiger partial charge in [-0.2, -0.15) is 0 Å². The van der Waals surface area contributed by atoms with Crippen LogP contribution in [-0.4, -0.2) is 15.3 Å². The Labute approximate surface area is 162 Å². The van der Waals surface area contributed by atoms with E-state index in [2.05, 4.69) is 17.4 Å². The third-order valence-electron chi connectivity index (χ3n) is 4.46.